The third-order valence-electron chi connectivity index (χ3n) is 3.78. The van der Waals surface area contributed by atoms with Crippen molar-refractivity contribution in [1.29, 1.82) is 0 Å². The van der Waals surface area contributed by atoms with Gasteiger partial charge >= 0.3 is 12.1 Å². The second-order valence-corrected chi connectivity index (χ2v) is 7.73. The number of halogens is 3. The second-order valence-electron chi connectivity index (χ2n) is 5.85. The topological polar surface area (TPSA) is 102 Å². The van der Waals surface area contributed by atoms with Gasteiger partial charge in [-0.25, -0.2) is 17.9 Å². The first kappa shape index (κ1) is 22.4. The molecular weight excluding hydrogens is 413 g/mol. The Balaban J connectivity index is 2.04. The molecule has 2 aromatic carbocycles. The molecule has 156 valence electrons. The van der Waals surface area contributed by atoms with Gasteiger partial charge in [-0.15, -0.1) is 0 Å². The number of rotatable bonds is 6. The van der Waals surface area contributed by atoms with Gasteiger partial charge in [-0.05, 0) is 56.4 Å². The molecule has 0 heterocycles. The molecule has 0 unspecified atom stereocenters. The third kappa shape index (κ3) is 5.78. The van der Waals surface area contributed by atoms with Crippen molar-refractivity contribution in [3.63, 3.8) is 0 Å². The van der Waals surface area contributed by atoms with E-state index in [1.165, 1.54) is 32.2 Å². The van der Waals surface area contributed by atoms with E-state index in [-0.39, 0.29) is 16.1 Å². The summed E-state index contributed by atoms with van der Waals surface area (Å²) in [6.07, 6.45) is -5.78. The summed E-state index contributed by atoms with van der Waals surface area (Å²) < 4.78 is 68.4. The number of hydrogen-bond donors (Lipinski definition) is 2. The molecule has 29 heavy (non-hydrogen) atoms. The Morgan fingerprint density at radius 2 is 1.69 bits per heavy atom. The highest BCUT2D eigenvalue weighted by molar-refractivity contribution is 7.89. The van der Waals surface area contributed by atoms with Gasteiger partial charge in [-0.2, -0.15) is 13.2 Å². The maximum absolute atomic E-state index is 12.6. The van der Waals surface area contributed by atoms with Crippen molar-refractivity contribution in [2.24, 2.45) is 0 Å². The van der Waals surface area contributed by atoms with Crippen LogP contribution in [0.15, 0.2) is 53.4 Å². The van der Waals surface area contributed by atoms with E-state index in [1.807, 2.05) is 0 Å². The lowest BCUT2D eigenvalue weighted by molar-refractivity contribution is -0.137. The van der Waals surface area contributed by atoms with E-state index < -0.39 is 39.7 Å². The molecule has 1 atom stereocenters. The standard InChI is InChI=1S/C18H17F3N2O5S/c1-11(16(24)23-14-8-6-13(7-9-14)18(19,20)21)28-17(25)12-4-3-5-15(10-12)29(26,27)22-2/h3-11,22H,1-2H3,(H,23,24)/t11-/m1/s1. The van der Waals surface area contributed by atoms with Crippen LogP contribution in [0.5, 0.6) is 0 Å². The lowest BCUT2D eigenvalue weighted by atomic mass is 10.2. The molecule has 0 spiro atoms. The number of hydrogen-bond acceptors (Lipinski definition) is 5. The number of carbonyl (C=O) groups is 2. The van der Waals surface area contributed by atoms with Gasteiger partial charge in [0.15, 0.2) is 6.10 Å². The van der Waals surface area contributed by atoms with Crippen LogP contribution in [0.3, 0.4) is 0 Å². The molecule has 0 bridgehead atoms. The summed E-state index contributed by atoms with van der Waals surface area (Å²) in [6, 6.07) is 8.78. The molecule has 1 amide bonds. The fourth-order valence-electron chi connectivity index (χ4n) is 2.18. The number of esters is 1. The van der Waals surface area contributed by atoms with E-state index in [0.29, 0.717) is 0 Å². The van der Waals surface area contributed by atoms with Crippen LogP contribution in [0.2, 0.25) is 0 Å². The number of alkyl halides is 3. The fourth-order valence-corrected chi connectivity index (χ4v) is 2.95. The Labute approximate surface area is 164 Å². The second kappa shape index (κ2) is 8.62. The summed E-state index contributed by atoms with van der Waals surface area (Å²) in [7, 11) is -2.55. The van der Waals surface area contributed by atoms with Crippen LogP contribution in [0.25, 0.3) is 0 Å². The molecule has 0 saturated heterocycles. The molecule has 0 aromatic heterocycles. The van der Waals surface area contributed by atoms with E-state index in [0.717, 1.165) is 30.3 Å². The van der Waals surface area contributed by atoms with Crippen molar-refractivity contribution in [2.45, 2.75) is 24.1 Å². The summed E-state index contributed by atoms with van der Waals surface area (Å²) in [6.45, 7) is 1.27. The van der Waals surface area contributed by atoms with Gasteiger partial charge in [0.2, 0.25) is 10.0 Å². The predicted octanol–water partition coefficient (Wildman–Crippen LogP) is 2.80. The Bertz CT molecular complexity index is 1000. The number of sulfonamides is 1. The molecule has 2 N–H and O–H groups in total. The molecule has 0 aliphatic carbocycles. The number of amides is 1. The zero-order chi connectivity index (χ0) is 21.8. The summed E-state index contributed by atoms with van der Waals surface area (Å²) in [4.78, 5) is 24.2. The van der Waals surface area contributed by atoms with Gasteiger partial charge in [0, 0.05) is 5.69 Å². The highest BCUT2D eigenvalue weighted by atomic mass is 32.2. The predicted molar refractivity (Wildman–Crippen MR) is 97.6 cm³/mol. The average molecular weight is 430 g/mol. The van der Waals surface area contributed by atoms with Crippen molar-refractivity contribution in [1.82, 2.24) is 4.72 Å². The molecule has 0 saturated carbocycles. The summed E-state index contributed by atoms with van der Waals surface area (Å²) in [5, 5.41) is 2.33. The SMILES string of the molecule is CNS(=O)(=O)c1cccc(C(=O)O[C@H](C)C(=O)Nc2ccc(C(F)(F)F)cc2)c1. The molecule has 11 heteroatoms. The summed E-state index contributed by atoms with van der Waals surface area (Å²) in [5.74, 6) is -1.70. The minimum atomic E-state index is -4.50. The largest absolute Gasteiger partial charge is 0.449 e. The van der Waals surface area contributed by atoms with E-state index in [4.69, 9.17) is 4.74 Å². The number of carbonyl (C=O) groups excluding carboxylic acids is 2. The zero-order valence-electron chi connectivity index (χ0n) is 15.3. The van der Waals surface area contributed by atoms with Crippen molar-refractivity contribution < 1.29 is 35.9 Å². The first-order chi connectivity index (χ1) is 13.4. The van der Waals surface area contributed by atoms with Crippen LogP contribution in [0, 0.1) is 0 Å². The molecular formula is C18H17F3N2O5S. The Hall–Kier alpha value is -2.92. The van der Waals surface area contributed by atoms with Crippen molar-refractivity contribution in [3.05, 3.63) is 59.7 Å². The normalized spacial score (nSPS) is 12.9. The van der Waals surface area contributed by atoms with E-state index in [1.54, 1.807) is 0 Å². The van der Waals surface area contributed by atoms with Crippen molar-refractivity contribution in [2.75, 3.05) is 12.4 Å². The molecule has 0 fully saturated rings. The third-order valence-corrected chi connectivity index (χ3v) is 5.19. The van der Waals surface area contributed by atoms with Crippen LogP contribution < -0.4 is 10.0 Å². The Morgan fingerprint density at radius 1 is 1.07 bits per heavy atom. The van der Waals surface area contributed by atoms with E-state index >= 15 is 0 Å². The van der Waals surface area contributed by atoms with Crippen LogP contribution >= 0.6 is 0 Å². The van der Waals surface area contributed by atoms with Crippen LogP contribution in [-0.4, -0.2) is 33.4 Å². The summed E-state index contributed by atoms with van der Waals surface area (Å²) in [5.41, 5.74) is -0.866. The monoisotopic (exact) mass is 430 g/mol. The van der Waals surface area contributed by atoms with Crippen LogP contribution in [0.1, 0.15) is 22.8 Å². The molecule has 7 nitrogen and oxygen atoms in total. The molecule has 2 rings (SSSR count). The number of ether oxygens (including phenoxy) is 1. The van der Waals surface area contributed by atoms with Gasteiger partial charge < -0.3 is 10.1 Å². The minimum absolute atomic E-state index is 0.0875. The van der Waals surface area contributed by atoms with Gasteiger partial charge in [0.25, 0.3) is 5.91 Å². The first-order valence-corrected chi connectivity index (χ1v) is 9.65. The first-order valence-electron chi connectivity index (χ1n) is 8.17. The summed E-state index contributed by atoms with van der Waals surface area (Å²) >= 11 is 0. The van der Waals surface area contributed by atoms with E-state index in [2.05, 4.69) is 10.0 Å². The van der Waals surface area contributed by atoms with E-state index in [9.17, 15) is 31.2 Å². The average Bonchev–Trinajstić information content (AvgIpc) is 2.67. The quantitative estimate of drug-likeness (QED) is 0.687. The van der Waals surface area contributed by atoms with Gasteiger partial charge in [-0.3, -0.25) is 4.79 Å². The Kier molecular flexibility index (Phi) is 6.65. The zero-order valence-corrected chi connectivity index (χ0v) is 16.1. The smallest absolute Gasteiger partial charge is 0.416 e. The number of anilines is 1. The van der Waals surface area contributed by atoms with Crippen molar-refractivity contribution in [3.8, 4) is 0 Å². The van der Waals surface area contributed by atoms with Gasteiger partial charge in [-0.1, -0.05) is 6.07 Å². The lowest BCUT2D eigenvalue weighted by Gasteiger charge is -2.14. The molecule has 2 aromatic rings. The van der Waals surface area contributed by atoms with Crippen molar-refractivity contribution >= 4 is 27.6 Å². The lowest BCUT2D eigenvalue weighted by Crippen LogP contribution is -2.30. The molecule has 0 aliphatic rings. The maximum atomic E-state index is 12.6. The van der Waals surface area contributed by atoms with Gasteiger partial charge in [0.05, 0.1) is 16.0 Å². The van der Waals surface area contributed by atoms with Crippen LogP contribution in [0.4, 0.5) is 18.9 Å². The van der Waals surface area contributed by atoms with Crippen LogP contribution in [-0.2, 0) is 25.7 Å². The highest BCUT2D eigenvalue weighted by Gasteiger charge is 2.30. The number of nitrogens with one attached hydrogen (secondary N) is 2. The van der Waals surface area contributed by atoms with Gasteiger partial charge in [0.1, 0.15) is 0 Å². The molecule has 0 radical (unpaired) electrons. The number of benzene rings is 2. The molecule has 0 aliphatic heterocycles. The Morgan fingerprint density at radius 3 is 2.24 bits per heavy atom. The fraction of sp³-hybridized carbons (Fsp3) is 0.222. The highest BCUT2D eigenvalue weighted by Crippen LogP contribution is 2.29. The maximum Gasteiger partial charge on any atom is 0.416 e. The minimum Gasteiger partial charge on any atom is -0.449 e.